The summed E-state index contributed by atoms with van der Waals surface area (Å²) < 4.78 is 20.9. The minimum atomic E-state index is -1.15. The molecular weight excluding hydrogens is 786 g/mol. The summed E-state index contributed by atoms with van der Waals surface area (Å²) in [7, 11) is 1.52. The molecule has 5 aliphatic rings. The van der Waals surface area contributed by atoms with Gasteiger partial charge in [-0.1, -0.05) is 30.3 Å². The van der Waals surface area contributed by atoms with Crippen LogP contribution in [0, 0.1) is 5.82 Å². The average Bonchev–Trinajstić information content (AvgIpc) is 3.94. The van der Waals surface area contributed by atoms with Gasteiger partial charge in [0.15, 0.2) is 11.9 Å². The monoisotopic (exact) mass is 831 g/mol. The summed E-state index contributed by atoms with van der Waals surface area (Å²) >= 11 is 0. The number of aromatic nitrogens is 2. The number of piperidine rings is 2. The Morgan fingerprint density at radius 1 is 0.902 bits per heavy atom. The number of nitrogens with zero attached hydrogens (tertiary/aromatic N) is 6. The Morgan fingerprint density at radius 2 is 1.64 bits per heavy atom. The van der Waals surface area contributed by atoms with Gasteiger partial charge in [0.25, 0.3) is 23.6 Å². The van der Waals surface area contributed by atoms with Gasteiger partial charge in [0.2, 0.25) is 11.8 Å². The van der Waals surface area contributed by atoms with E-state index in [1.54, 1.807) is 11.0 Å². The van der Waals surface area contributed by atoms with Gasteiger partial charge >= 0.3 is 0 Å². The fourth-order valence-corrected chi connectivity index (χ4v) is 9.30. The van der Waals surface area contributed by atoms with Crippen LogP contribution in [0.4, 0.5) is 15.9 Å². The summed E-state index contributed by atoms with van der Waals surface area (Å²) in [5.74, 6) is -3.60. The first-order valence-corrected chi connectivity index (χ1v) is 20.7. The molecule has 9 rings (SSSR count). The number of fused-ring (bicyclic) bond motifs is 2. The third kappa shape index (κ3) is 7.79. The number of imide groups is 2. The molecule has 5 aliphatic heterocycles. The van der Waals surface area contributed by atoms with Crippen molar-refractivity contribution in [3.8, 4) is 0 Å². The van der Waals surface area contributed by atoms with Crippen molar-refractivity contribution in [3.63, 3.8) is 0 Å². The van der Waals surface area contributed by atoms with Crippen molar-refractivity contribution < 1.29 is 37.9 Å². The Labute approximate surface area is 351 Å². The zero-order valence-electron chi connectivity index (χ0n) is 33.7. The summed E-state index contributed by atoms with van der Waals surface area (Å²) in [6.07, 6.45) is 1.25. The highest BCUT2D eigenvalue weighted by atomic mass is 19.1. The highest BCUT2D eigenvalue weighted by Gasteiger charge is 2.46. The van der Waals surface area contributed by atoms with Crippen LogP contribution >= 0.6 is 0 Å². The number of rotatable bonds is 10. The molecule has 0 aliphatic carbocycles. The van der Waals surface area contributed by atoms with E-state index in [1.165, 1.54) is 13.2 Å². The lowest BCUT2D eigenvalue weighted by Gasteiger charge is -2.43. The van der Waals surface area contributed by atoms with Crippen LogP contribution in [0.1, 0.15) is 85.2 Å². The summed E-state index contributed by atoms with van der Waals surface area (Å²) in [5.41, 5.74) is 4.08. The van der Waals surface area contributed by atoms with Crippen LogP contribution < -0.4 is 15.5 Å². The molecule has 3 saturated heterocycles. The Morgan fingerprint density at radius 3 is 2.34 bits per heavy atom. The van der Waals surface area contributed by atoms with E-state index in [1.807, 2.05) is 54.6 Å². The largest absolute Gasteiger partial charge is 0.371 e. The minimum Gasteiger partial charge on any atom is -0.371 e. The van der Waals surface area contributed by atoms with Crippen LogP contribution in [0.15, 0.2) is 66.7 Å². The molecule has 3 aromatic carbocycles. The van der Waals surface area contributed by atoms with Gasteiger partial charge in [0.05, 0.1) is 29.9 Å². The number of benzene rings is 3. The first kappa shape index (κ1) is 40.1. The lowest BCUT2D eigenvalue weighted by molar-refractivity contribution is -0.143. The fourth-order valence-electron chi connectivity index (χ4n) is 9.30. The van der Waals surface area contributed by atoms with Crippen LogP contribution in [0.3, 0.4) is 0 Å². The third-order valence-electron chi connectivity index (χ3n) is 12.6. The van der Waals surface area contributed by atoms with E-state index in [4.69, 9.17) is 4.74 Å². The molecule has 0 spiro atoms. The maximum absolute atomic E-state index is 15.3. The molecule has 61 heavy (non-hydrogen) atoms. The standard InChI is InChI=1S/C44H46FN9O7/c1-61-38(27-5-3-2-4-6-27)44(60)53-24-32-34(25-53)48-49-39(32)47-40(56)28-7-9-29(10-8-28)51-15-13-30(14-16-51)52-19-17-50(18-20-52)23-26-21-31-37(33(45)22-26)43(59)54(42(31)58)35-11-12-36(55)46-41(35)57/h2-10,21-22,30,35,38H,11-20,23-25H2,1H3,(H,46,55,57)(H2,47,48,49,56). The van der Waals surface area contributed by atoms with Gasteiger partial charge in [-0.2, -0.15) is 5.10 Å². The zero-order chi connectivity index (χ0) is 42.4. The number of aromatic amines is 1. The summed E-state index contributed by atoms with van der Waals surface area (Å²) in [6.45, 7) is 6.02. The molecule has 0 bridgehead atoms. The second-order valence-corrected chi connectivity index (χ2v) is 16.2. The Hall–Kier alpha value is -6.30. The summed E-state index contributed by atoms with van der Waals surface area (Å²) in [5, 5.41) is 12.4. The second kappa shape index (κ2) is 16.6. The number of halogens is 1. The van der Waals surface area contributed by atoms with E-state index in [0.29, 0.717) is 42.6 Å². The number of hydrogen-bond donors (Lipinski definition) is 3. The number of methoxy groups -OCH3 is 1. The molecule has 6 heterocycles. The van der Waals surface area contributed by atoms with E-state index in [-0.39, 0.29) is 35.8 Å². The molecule has 1 aromatic heterocycles. The van der Waals surface area contributed by atoms with E-state index in [0.717, 1.165) is 79.5 Å². The molecule has 3 N–H and O–H groups in total. The van der Waals surface area contributed by atoms with Crippen molar-refractivity contribution >= 4 is 46.9 Å². The lowest BCUT2D eigenvalue weighted by atomic mass is 10.0. The molecular formula is C44H46FN9O7. The number of nitrogens with one attached hydrogen (secondary N) is 3. The predicted molar refractivity (Wildman–Crippen MR) is 219 cm³/mol. The number of amides is 6. The average molecular weight is 832 g/mol. The normalized spacial score (nSPS) is 20.5. The van der Waals surface area contributed by atoms with Gasteiger partial charge in [-0.05, 0) is 66.8 Å². The van der Waals surface area contributed by atoms with Gasteiger partial charge in [0.1, 0.15) is 11.9 Å². The van der Waals surface area contributed by atoms with Gasteiger partial charge in [0, 0.05) is 82.2 Å². The quantitative estimate of drug-likeness (QED) is 0.200. The van der Waals surface area contributed by atoms with Crippen LogP contribution in [-0.2, 0) is 38.8 Å². The number of hydrogen-bond acceptors (Lipinski definition) is 11. The van der Waals surface area contributed by atoms with Crippen LogP contribution in [0.5, 0.6) is 0 Å². The van der Waals surface area contributed by atoms with Crippen molar-refractivity contribution in [1.82, 2.24) is 35.1 Å². The van der Waals surface area contributed by atoms with Gasteiger partial charge in [-0.15, -0.1) is 0 Å². The first-order valence-electron chi connectivity index (χ1n) is 20.7. The van der Waals surface area contributed by atoms with Crippen molar-refractivity contribution in [3.05, 3.63) is 112 Å². The molecule has 4 aromatic rings. The number of anilines is 2. The molecule has 16 nitrogen and oxygen atoms in total. The molecule has 17 heteroatoms. The maximum atomic E-state index is 15.3. The third-order valence-corrected chi connectivity index (χ3v) is 12.6. The number of ether oxygens (including phenoxy) is 1. The maximum Gasteiger partial charge on any atom is 0.265 e. The van der Waals surface area contributed by atoms with E-state index < -0.39 is 41.6 Å². The number of carbonyl (C=O) groups is 6. The molecule has 0 saturated carbocycles. The molecule has 2 unspecified atom stereocenters. The molecule has 3 fully saturated rings. The van der Waals surface area contributed by atoms with E-state index in [2.05, 4.69) is 35.5 Å². The number of piperazine rings is 1. The summed E-state index contributed by atoms with van der Waals surface area (Å²) in [6, 6.07) is 19.0. The van der Waals surface area contributed by atoms with Crippen molar-refractivity contribution in [2.75, 3.05) is 56.6 Å². The molecule has 2 atom stereocenters. The second-order valence-electron chi connectivity index (χ2n) is 16.2. The highest BCUT2D eigenvalue weighted by Crippen LogP contribution is 2.33. The minimum absolute atomic E-state index is 0.00573. The first-order chi connectivity index (χ1) is 29.6. The van der Waals surface area contributed by atoms with Crippen molar-refractivity contribution in [2.24, 2.45) is 0 Å². The number of carbonyl (C=O) groups excluding carboxylic acids is 6. The van der Waals surface area contributed by atoms with E-state index in [9.17, 15) is 28.8 Å². The lowest BCUT2D eigenvalue weighted by Crippen LogP contribution is -2.54. The Bertz CT molecular complexity index is 2390. The predicted octanol–water partition coefficient (Wildman–Crippen LogP) is 3.22. The molecule has 6 amide bonds. The smallest absolute Gasteiger partial charge is 0.265 e. The zero-order valence-corrected chi connectivity index (χ0v) is 33.7. The molecule has 0 radical (unpaired) electrons. The summed E-state index contributed by atoms with van der Waals surface area (Å²) in [4.78, 5) is 86.6. The fraction of sp³-hybridized carbons (Fsp3) is 0.386. The Kier molecular flexibility index (Phi) is 10.9. The molecule has 316 valence electrons. The number of H-pyrrole nitrogens is 1. The SMILES string of the molecule is COC(C(=O)N1Cc2[nH]nc(NC(=O)c3ccc(N4CCC(N5CCN(Cc6cc(F)c7c(c6)C(=O)N(C6CCC(=O)NC6=O)C7=O)CC5)CC4)cc3)c2C1)c1ccccc1. The van der Waals surface area contributed by atoms with Crippen LogP contribution in [-0.4, -0.2) is 124 Å². The van der Waals surface area contributed by atoms with Crippen molar-refractivity contribution in [1.29, 1.82) is 0 Å². The topological polar surface area (TPSA) is 181 Å². The van der Waals surface area contributed by atoms with E-state index >= 15 is 4.39 Å². The van der Waals surface area contributed by atoms with Crippen LogP contribution in [0.25, 0.3) is 0 Å². The Balaban J connectivity index is 0.737. The highest BCUT2D eigenvalue weighted by molar-refractivity contribution is 6.23. The van der Waals surface area contributed by atoms with Gasteiger partial charge < -0.3 is 19.9 Å². The van der Waals surface area contributed by atoms with Gasteiger partial charge in [-0.3, -0.25) is 53.9 Å². The van der Waals surface area contributed by atoms with Crippen molar-refractivity contribution in [2.45, 2.75) is 63.5 Å². The van der Waals surface area contributed by atoms with Gasteiger partial charge in [-0.25, -0.2) is 4.39 Å². The van der Waals surface area contributed by atoms with Crippen LogP contribution in [0.2, 0.25) is 0 Å².